The Kier molecular flexibility index (Phi) is 9.66. The molecule has 0 unspecified atom stereocenters. The zero-order chi connectivity index (χ0) is 22.0. The van der Waals surface area contributed by atoms with E-state index in [-0.39, 0.29) is 0 Å². The third kappa shape index (κ3) is 7.41. The van der Waals surface area contributed by atoms with Crippen LogP contribution in [0.4, 0.5) is 0 Å². The molecule has 1 aromatic rings. The van der Waals surface area contributed by atoms with Gasteiger partial charge in [-0.1, -0.05) is 0 Å². The zero-order valence-electron chi connectivity index (χ0n) is 17.2. The maximum atomic E-state index is 10.4. The highest BCUT2D eigenvalue weighted by molar-refractivity contribution is 6.27. The number of hydrogen-bond donors (Lipinski definition) is 4. The summed E-state index contributed by atoms with van der Waals surface area (Å²) in [6.45, 7) is 3.18. The van der Waals surface area contributed by atoms with Crippen LogP contribution in [0, 0.1) is 0 Å². The van der Waals surface area contributed by atoms with Crippen molar-refractivity contribution in [3.63, 3.8) is 0 Å². The van der Waals surface area contributed by atoms with Crippen LogP contribution in [-0.2, 0) is 16.1 Å². The maximum Gasteiger partial charge on any atom is 0.414 e. The molecule has 1 heterocycles. The summed E-state index contributed by atoms with van der Waals surface area (Å²) in [6, 6.07) is 3.96. The Bertz CT molecular complexity index is 650. The number of carboxylic acid groups (broad SMARTS) is 2. The summed E-state index contributed by atoms with van der Waals surface area (Å²) in [7, 11) is 6.73. The number of methoxy groups -OCH3 is 3. The van der Waals surface area contributed by atoms with Crippen LogP contribution in [-0.4, -0.2) is 85.8 Å². The molecule has 1 saturated heterocycles. The first-order valence-electron chi connectivity index (χ1n) is 9.04. The molecule has 10 nitrogen and oxygen atoms in total. The van der Waals surface area contributed by atoms with Gasteiger partial charge >= 0.3 is 11.9 Å². The lowest BCUT2D eigenvalue weighted by Gasteiger charge is -2.38. The van der Waals surface area contributed by atoms with Gasteiger partial charge in [-0.2, -0.15) is 0 Å². The fraction of sp³-hybridized carbons (Fsp3) is 0.579. The van der Waals surface area contributed by atoms with Crippen LogP contribution in [0.15, 0.2) is 12.1 Å². The van der Waals surface area contributed by atoms with Gasteiger partial charge in [-0.05, 0) is 37.6 Å². The smallest absolute Gasteiger partial charge is 0.414 e. The first-order valence-corrected chi connectivity index (χ1v) is 9.04. The normalized spacial score (nSPS) is 15.6. The number of nitrogens with one attached hydrogen (secondary N) is 1. The van der Waals surface area contributed by atoms with E-state index < -0.39 is 17.5 Å². The summed E-state index contributed by atoms with van der Waals surface area (Å²) >= 11 is 0. The van der Waals surface area contributed by atoms with Crippen molar-refractivity contribution in [1.29, 1.82) is 0 Å². The number of nitrogens with zero attached hydrogens (tertiary/aromatic N) is 1. The van der Waals surface area contributed by atoms with Crippen LogP contribution in [0.25, 0.3) is 0 Å². The van der Waals surface area contributed by atoms with E-state index in [9.17, 15) is 5.11 Å². The molecule has 2 rings (SSSR count). The van der Waals surface area contributed by atoms with E-state index in [1.54, 1.807) is 21.3 Å². The SMILES string of the molecule is CNCC1(O)CCN(Cc2cc(OC)c(OC)c(OC)c2)CC1.O=C(O)C(=O)O. The van der Waals surface area contributed by atoms with Gasteiger partial charge in [0.1, 0.15) is 0 Å². The molecule has 1 aromatic carbocycles. The number of ether oxygens (including phenoxy) is 3. The molecule has 0 saturated carbocycles. The average Bonchev–Trinajstić information content (AvgIpc) is 2.69. The molecular formula is C19H30N2O8. The molecule has 164 valence electrons. The van der Waals surface area contributed by atoms with Gasteiger partial charge in [-0.25, -0.2) is 9.59 Å². The number of piperidine rings is 1. The lowest BCUT2D eigenvalue weighted by atomic mass is 9.91. The van der Waals surface area contributed by atoms with Gasteiger partial charge in [-0.15, -0.1) is 0 Å². The van der Waals surface area contributed by atoms with Gasteiger partial charge in [0.15, 0.2) is 11.5 Å². The minimum Gasteiger partial charge on any atom is -0.493 e. The number of benzene rings is 1. The molecule has 4 N–H and O–H groups in total. The third-order valence-electron chi connectivity index (χ3n) is 4.61. The fourth-order valence-electron chi connectivity index (χ4n) is 3.12. The lowest BCUT2D eigenvalue weighted by Crippen LogP contribution is -2.49. The number of carbonyl (C=O) groups is 2. The fourth-order valence-corrected chi connectivity index (χ4v) is 3.12. The second-order valence-electron chi connectivity index (χ2n) is 6.67. The molecule has 1 aliphatic heterocycles. The van der Waals surface area contributed by atoms with Crippen molar-refractivity contribution in [1.82, 2.24) is 10.2 Å². The van der Waals surface area contributed by atoms with Gasteiger partial charge in [0.05, 0.1) is 26.9 Å². The van der Waals surface area contributed by atoms with Crippen LogP contribution in [0.1, 0.15) is 18.4 Å². The highest BCUT2D eigenvalue weighted by Gasteiger charge is 2.31. The Hall–Kier alpha value is -2.56. The minimum absolute atomic E-state index is 0.583. The predicted molar refractivity (Wildman–Crippen MR) is 105 cm³/mol. The van der Waals surface area contributed by atoms with Crippen LogP contribution in [0.2, 0.25) is 0 Å². The molecule has 0 amide bonds. The topological polar surface area (TPSA) is 138 Å². The quantitative estimate of drug-likeness (QED) is 0.464. The molecule has 1 aliphatic rings. The maximum absolute atomic E-state index is 10.4. The lowest BCUT2D eigenvalue weighted by molar-refractivity contribution is -0.159. The van der Waals surface area contributed by atoms with Crippen molar-refractivity contribution in [3.8, 4) is 17.2 Å². The van der Waals surface area contributed by atoms with E-state index in [2.05, 4.69) is 10.2 Å². The summed E-state index contributed by atoms with van der Waals surface area (Å²) in [5, 5.41) is 28.3. The molecule has 0 atom stereocenters. The molecule has 10 heteroatoms. The Morgan fingerprint density at radius 2 is 1.52 bits per heavy atom. The molecule has 0 aliphatic carbocycles. The van der Waals surface area contributed by atoms with Crippen molar-refractivity contribution in [3.05, 3.63) is 17.7 Å². The van der Waals surface area contributed by atoms with Crippen LogP contribution in [0.5, 0.6) is 17.2 Å². The van der Waals surface area contributed by atoms with Crippen molar-refractivity contribution in [2.75, 3.05) is 48.0 Å². The van der Waals surface area contributed by atoms with Crippen molar-refractivity contribution >= 4 is 11.9 Å². The number of hydrogen-bond acceptors (Lipinski definition) is 8. The molecule has 0 radical (unpaired) electrons. The van der Waals surface area contributed by atoms with E-state index >= 15 is 0 Å². The van der Waals surface area contributed by atoms with Gasteiger partial charge in [0.2, 0.25) is 5.75 Å². The monoisotopic (exact) mass is 414 g/mol. The number of aliphatic carboxylic acids is 2. The molecule has 0 spiro atoms. The minimum atomic E-state index is -1.82. The van der Waals surface area contributed by atoms with Crippen molar-refractivity contribution < 1.29 is 39.1 Å². The van der Waals surface area contributed by atoms with E-state index in [0.29, 0.717) is 23.8 Å². The average molecular weight is 414 g/mol. The molecular weight excluding hydrogens is 384 g/mol. The van der Waals surface area contributed by atoms with Gasteiger partial charge in [-0.3, -0.25) is 4.90 Å². The number of aliphatic hydroxyl groups is 1. The summed E-state index contributed by atoms with van der Waals surface area (Å²) in [5.41, 5.74) is 0.527. The van der Waals surface area contributed by atoms with Crippen molar-refractivity contribution in [2.24, 2.45) is 0 Å². The van der Waals surface area contributed by atoms with E-state index in [1.165, 1.54) is 0 Å². The van der Waals surface area contributed by atoms with Gasteiger partial charge in [0, 0.05) is 26.2 Å². The Balaban J connectivity index is 0.000000612. The molecule has 0 aromatic heterocycles. The number of carboxylic acids is 2. The highest BCUT2D eigenvalue weighted by atomic mass is 16.5. The van der Waals surface area contributed by atoms with Crippen LogP contribution in [0.3, 0.4) is 0 Å². The van der Waals surface area contributed by atoms with Crippen LogP contribution < -0.4 is 19.5 Å². The largest absolute Gasteiger partial charge is 0.493 e. The molecule has 0 bridgehead atoms. The number of rotatable bonds is 7. The standard InChI is InChI=1S/C17H28N2O4.C2H2O4/c1-18-12-17(20)5-7-19(8-6-17)11-13-9-14(21-2)16(23-4)15(10-13)22-3;3-1(4)2(5)6/h9-10,18,20H,5-8,11-12H2,1-4H3;(H,3,4)(H,5,6). The molecule has 1 fully saturated rings. The van der Waals surface area contributed by atoms with E-state index in [0.717, 1.165) is 38.0 Å². The third-order valence-corrected chi connectivity index (χ3v) is 4.61. The first-order chi connectivity index (χ1) is 13.7. The summed E-state index contributed by atoms with van der Waals surface area (Å²) in [6.07, 6.45) is 1.55. The second-order valence-corrected chi connectivity index (χ2v) is 6.67. The summed E-state index contributed by atoms with van der Waals surface area (Å²) in [4.78, 5) is 20.5. The number of likely N-dealkylation sites (N-methyl/N-ethyl adjacent to an activating group) is 1. The Labute approximate surface area is 170 Å². The zero-order valence-corrected chi connectivity index (χ0v) is 17.2. The molecule has 29 heavy (non-hydrogen) atoms. The highest BCUT2D eigenvalue weighted by Crippen LogP contribution is 2.38. The van der Waals surface area contributed by atoms with Crippen LogP contribution >= 0.6 is 0 Å². The summed E-state index contributed by atoms with van der Waals surface area (Å²) in [5.74, 6) is -1.69. The van der Waals surface area contributed by atoms with Crippen molar-refractivity contribution in [2.45, 2.75) is 25.0 Å². The van der Waals surface area contributed by atoms with E-state index in [4.69, 9.17) is 34.0 Å². The first kappa shape index (κ1) is 24.5. The Morgan fingerprint density at radius 3 is 1.86 bits per heavy atom. The van der Waals surface area contributed by atoms with Gasteiger partial charge < -0.3 is 34.8 Å². The summed E-state index contributed by atoms with van der Waals surface area (Å²) < 4.78 is 16.2. The predicted octanol–water partition coefficient (Wildman–Crippen LogP) is 0.414. The number of likely N-dealkylation sites (tertiary alicyclic amines) is 1. The van der Waals surface area contributed by atoms with E-state index in [1.807, 2.05) is 19.2 Å². The Morgan fingerprint density at radius 1 is 1.03 bits per heavy atom. The second kappa shape index (κ2) is 11.4. The van der Waals surface area contributed by atoms with Gasteiger partial charge in [0.25, 0.3) is 0 Å².